The van der Waals surface area contributed by atoms with Gasteiger partial charge in [-0.05, 0) is 87.5 Å². The van der Waals surface area contributed by atoms with Gasteiger partial charge in [-0.2, -0.15) is 0 Å². The molecule has 0 fully saturated rings. The minimum atomic E-state index is -1.09. The van der Waals surface area contributed by atoms with Crippen LogP contribution < -0.4 is 64.5 Å². The van der Waals surface area contributed by atoms with E-state index in [1.54, 1.807) is 30.3 Å². The van der Waals surface area contributed by atoms with Gasteiger partial charge < -0.3 is 17.5 Å². The quantitative estimate of drug-likeness (QED) is 0.244. The Balaban J connectivity index is 0.00000256. The molecule has 1 aliphatic heterocycles. The maximum atomic E-state index is 12.4. The van der Waals surface area contributed by atoms with Gasteiger partial charge in [0.1, 0.15) is 14.7 Å². The molecule has 150 valence electrons. The molecule has 31 heavy (non-hydrogen) atoms. The predicted octanol–water partition coefficient (Wildman–Crippen LogP) is 1.25. The fraction of sp³-hybridized carbons (Fsp3) is 0. The van der Waals surface area contributed by atoms with Crippen molar-refractivity contribution in [3.05, 3.63) is 70.1 Å². The van der Waals surface area contributed by atoms with Crippen LogP contribution in [0.15, 0.2) is 63.5 Å². The number of fused-ring (bicyclic) bond motifs is 2. The van der Waals surface area contributed by atoms with Gasteiger partial charge in [-0.15, -0.1) is 0 Å². The molecule has 0 atom stereocenters. The van der Waals surface area contributed by atoms with Crippen LogP contribution in [0.25, 0.3) is 33.4 Å². The Bertz CT molecular complexity index is 1380. The van der Waals surface area contributed by atoms with E-state index in [0.29, 0.717) is 31.0 Å². The number of phenolic OH excluding ortho intramolecular Hbond substituents is 1. The molecule has 0 aromatic heterocycles. The molecule has 0 amide bonds. The van der Waals surface area contributed by atoms with E-state index in [9.17, 15) is 19.8 Å². The third-order valence-electron chi connectivity index (χ3n) is 4.45. The summed E-state index contributed by atoms with van der Waals surface area (Å²) in [6.45, 7) is 0. The van der Waals surface area contributed by atoms with Gasteiger partial charge in [0.15, 0.2) is 11.3 Å². The van der Waals surface area contributed by atoms with Crippen molar-refractivity contribution in [3.63, 3.8) is 0 Å². The average molecular weight is 696 g/mol. The SMILES string of the molecule is O=C(O)c1ccccc1-c1c2cc(Br)c(=O)c(Br)c-2oc2c(Br)c(O)c(Br)cc12.[H-].[H-].[Na+].[Na+]. The summed E-state index contributed by atoms with van der Waals surface area (Å²) < 4.78 is 7.17. The first-order valence-electron chi connectivity index (χ1n) is 8.00. The first-order chi connectivity index (χ1) is 13.7. The second-order valence-electron chi connectivity index (χ2n) is 6.10. The molecule has 4 rings (SSSR count). The summed E-state index contributed by atoms with van der Waals surface area (Å²) in [5.41, 5.74) is 1.61. The second kappa shape index (κ2) is 10.7. The molecule has 11 heteroatoms. The van der Waals surface area contributed by atoms with Crippen LogP contribution >= 0.6 is 63.7 Å². The summed E-state index contributed by atoms with van der Waals surface area (Å²) in [4.78, 5) is 24.3. The van der Waals surface area contributed by atoms with Crippen molar-refractivity contribution < 1.29 is 81.4 Å². The van der Waals surface area contributed by atoms with E-state index in [2.05, 4.69) is 63.7 Å². The maximum absolute atomic E-state index is 12.4. The molecule has 0 unspecified atom stereocenters. The van der Waals surface area contributed by atoms with E-state index >= 15 is 0 Å². The van der Waals surface area contributed by atoms with Crippen LogP contribution in [0.4, 0.5) is 0 Å². The van der Waals surface area contributed by atoms with Crippen molar-refractivity contribution in [1.82, 2.24) is 0 Å². The van der Waals surface area contributed by atoms with Gasteiger partial charge in [-0.3, -0.25) is 4.79 Å². The van der Waals surface area contributed by atoms with Crippen LogP contribution in [-0.4, -0.2) is 16.2 Å². The average Bonchev–Trinajstić information content (AvgIpc) is 2.69. The molecule has 2 N–H and O–H groups in total. The zero-order valence-corrected chi connectivity index (χ0v) is 26.4. The van der Waals surface area contributed by atoms with Crippen molar-refractivity contribution in [2.24, 2.45) is 0 Å². The molecular weight excluding hydrogens is 686 g/mol. The molecule has 0 radical (unpaired) electrons. The molecule has 0 spiro atoms. The van der Waals surface area contributed by atoms with Crippen LogP contribution in [-0.2, 0) is 0 Å². The molecule has 5 nitrogen and oxygen atoms in total. The number of phenols is 1. The normalized spacial score (nSPS) is 10.6. The van der Waals surface area contributed by atoms with Crippen LogP contribution in [0.5, 0.6) is 5.75 Å². The van der Waals surface area contributed by atoms with Gasteiger partial charge in [-0.25, -0.2) is 4.79 Å². The first kappa shape index (κ1) is 27.6. The molecule has 0 saturated carbocycles. The largest absolute Gasteiger partial charge is 1.00 e. The smallest absolute Gasteiger partial charge is 1.00 e. The monoisotopic (exact) mass is 692 g/mol. The number of rotatable bonds is 2. The predicted molar refractivity (Wildman–Crippen MR) is 126 cm³/mol. The molecule has 1 heterocycles. The van der Waals surface area contributed by atoms with Gasteiger partial charge in [0.25, 0.3) is 0 Å². The fourth-order valence-corrected chi connectivity index (χ4v) is 5.57. The van der Waals surface area contributed by atoms with Crippen LogP contribution in [0.2, 0.25) is 0 Å². The third-order valence-corrected chi connectivity index (χ3v) is 7.10. The Kier molecular flexibility index (Phi) is 9.53. The Labute approximate surface area is 257 Å². The van der Waals surface area contributed by atoms with Gasteiger partial charge >= 0.3 is 65.1 Å². The number of halogens is 4. The van der Waals surface area contributed by atoms with E-state index in [0.717, 1.165) is 0 Å². The van der Waals surface area contributed by atoms with Crippen molar-refractivity contribution in [1.29, 1.82) is 0 Å². The van der Waals surface area contributed by atoms with E-state index < -0.39 is 5.97 Å². The summed E-state index contributed by atoms with van der Waals surface area (Å²) >= 11 is 13.2. The number of benzene rings is 3. The van der Waals surface area contributed by atoms with Crippen molar-refractivity contribution in [2.75, 3.05) is 0 Å². The standard InChI is InChI=1S/C20H8Br4O5.2Na.2H/c21-11-5-9-13(7-3-1-2-4-8(7)20(27)28)10-6-12(22)17(26)15(24)19(10)29-18(9)14(23)16(11)25;;;;/h1-6,25H,(H,27,28);;;;/q;2*+1;2*-1. The Morgan fingerprint density at radius 1 is 0.935 bits per heavy atom. The number of carboxylic acid groups (broad SMARTS) is 1. The fourth-order valence-electron chi connectivity index (χ4n) is 3.17. The van der Waals surface area contributed by atoms with E-state index in [1.807, 2.05) is 0 Å². The molecule has 0 bridgehead atoms. The van der Waals surface area contributed by atoms with E-state index in [1.165, 1.54) is 6.07 Å². The van der Waals surface area contributed by atoms with Gasteiger partial charge in [-0.1, -0.05) is 18.2 Å². The van der Waals surface area contributed by atoms with Gasteiger partial charge in [0.2, 0.25) is 5.43 Å². The van der Waals surface area contributed by atoms with Crippen molar-refractivity contribution >= 4 is 80.7 Å². The summed E-state index contributed by atoms with van der Waals surface area (Å²) in [6, 6.07) is 9.84. The van der Waals surface area contributed by atoms with Gasteiger partial charge in [0, 0.05) is 16.5 Å². The topological polar surface area (TPSA) is 87.7 Å². The van der Waals surface area contributed by atoms with Gasteiger partial charge in [0.05, 0.1) is 14.5 Å². The van der Waals surface area contributed by atoms with Crippen LogP contribution in [0, 0.1) is 0 Å². The minimum Gasteiger partial charge on any atom is -1.00 e. The Morgan fingerprint density at radius 3 is 2.23 bits per heavy atom. The molecule has 0 saturated heterocycles. The second-order valence-corrected chi connectivity index (χ2v) is 9.40. The third kappa shape index (κ3) is 4.78. The molecule has 2 aromatic rings. The molecule has 2 aliphatic rings. The molecule has 1 aliphatic carbocycles. The number of carboxylic acids is 1. The molecule has 2 aromatic carbocycles. The van der Waals surface area contributed by atoms with Crippen molar-refractivity contribution in [2.45, 2.75) is 0 Å². The van der Waals surface area contributed by atoms with Crippen molar-refractivity contribution in [3.8, 4) is 28.2 Å². The Hall–Kier alpha value is 0.320. The number of carbonyl (C=O) groups is 1. The summed E-state index contributed by atoms with van der Waals surface area (Å²) in [5.74, 6) is -0.921. The number of aromatic hydroxyl groups is 1. The van der Waals surface area contributed by atoms with Crippen LogP contribution in [0.3, 0.4) is 0 Å². The van der Waals surface area contributed by atoms with Crippen LogP contribution in [0.1, 0.15) is 13.2 Å². The minimum absolute atomic E-state index is 0. The Morgan fingerprint density at radius 2 is 1.58 bits per heavy atom. The zero-order valence-electron chi connectivity index (χ0n) is 18.1. The zero-order chi connectivity index (χ0) is 21.0. The first-order valence-corrected chi connectivity index (χ1v) is 11.2. The van der Waals surface area contributed by atoms with E-state index in [4.69, 9.17) is 4.42 Å². The number of aromatic carboxylic acids is 1. The summed E-state index contributed by atoms with van der Waals surface area (Å²) in [7, 11) is 0. The summed E-state index contributed by atoms with van der Waals surface area (Å²) in [5, 5.41) is 20.6. The number of hydrogen-bond donors (Lipinski definition) is 2. The maximum Gasteiger partial charge on any atom is 1.00 e. The number of hydrogen-bond acceptors (Lipinski definition) is 4. The molecular formula is C20H10Br4Na2O5. The van der Waals surface area contributed by atoms with E-state index in [-0.39, 0.29) is 99.0 Å². The summed E-state index contributed by atoms with van der Waals surface area (Å²) in [6.07, 6.45) is 0.